The van der Waals surface area contributed by atoms with E-state index in [4.69, 9.17) is 9.15 Å². The summed E-state index contributed by atoms with van der Waals surface area (Å²) in [4.78, 5) is 13.4. The zero-order chi connectivity index (χ0) is 16.2. The van der Waals surface area contributed by atoms with Crippen molar-refractivity contribution in [3.63, 3.8) is 0 Å². The van der Waals surface area contributed by atoms with E-state index in [2.05, 4.69) is 29.4 Å². The van der Waals surface area contributed by atoms with Crippen LogP contribution in [0.5, 0.6) is 0 Å². The van der Waals surface area contributed by atoms with Gasteiger partial charge >= 0.3 is 6.01 Å². The minimum Gasteiger partial charge on any atom is -0.405 e. The first-order valence-electron chi connectivity index (χ1n) is 7.65. The second-order valence-corrected chi connectivity index (χ2v) is 7.25. The zero-order valence-corrected chi connectivity index (χ0v) is 13.9. The fourth-order valence-corrected chi connectivity index (χ4v) is 3.24. The van der Waals surface area contributed by atoms with E-state index < -0.39 is 0 Å². The van der Waals surface area contributed by atoms with E-state index in [1.165, 1.54) is 0 Å². The van der Waals surface area contributed by atoms with Crippen molar-refractivity contribution in [3.8, 4) is 0 Å². The van der Waals surface area contributed by atoms with Crippen molar-refractivity contribution in [1.82, 2.24) is 10.2 Å². The minimum atomic E-state index is -0.265. The number of ether oxygens (including phenoxy) is 1. The van der Waals surface area contributed by atoms with E-state index >= 15 is 0 Å². The number of anilines is 1. The SMILES string of the molecule is CC(C)Sc1cccc(C(=O)Nc2nnc(C3CCCO3)o2)c1. The number of hydrogen-bond acceptors (Lipinski definition) is 6. The molecule has 1 fully saturated rings. The molecule has 1 saturated heterocycles. The lowest BCUT2D eigenvalue weighted by molar-refractivity contribution is 0.0893. The van der Waals surface area contributed by atoms with Crippen molar-refractivity contribution in [1.29, 1.82) is 0 Å². The van der Waals surface area contributed by atoms with Crippen molar-refractivity contribution in [2.75, 3.05) is 11.9 Å². The van der Waals surface area contributed by atoms with Crippen LogP contribution in [0.4, 0.5) is 6.01 Å². The molecule has 122 valence electrons. The van der Waals surface area contributed by atoms with Gasteiger partial charge in [-0.15, -0.1) is 16.9 Å². The van der Waals surface area contributed by atoms with Crippen LogP contribution in [0, 0.1) is 0 Å². The quantitative estimate of drug-likeness (QED) is 0.841. The van der Waals surface area contributed by atoms with E-state index in [9.17, 15) is 4.79 Å². The third-order valence-electron chi connectivity index (χ3n) is 3.33. The molecular formula is C16H19N3O3S. The molecule has 23 heavy (non-hydrogen) atoms. The number of amides is 1. The molecule has 7 heteroatoms. The third-order valence-corrected chi connectivity index (χ3v) is 4.33. The number of nitrogens with one attached hydrogen (secondary N) is 1. The second kappa shape index (κ2) is 7.14. The Morgan fingerprint density at radius 2 is 2.26 bits per heavy atom. The highest BCUT2D eigenvalue weighted by Gasteiger charge is 2.24. The Balaban J connectivity index is 1.67. The Kier molecular flexibility index (Phi) is 4.97. The number of thioether (sulfide) groups is 1. The lowest BCUT2D eigenvalue weighted by Crippen LogP contribution is -2.12. The molecule has 1 unspecified atom stereocenters. The fraction of sp³-hybridized carbons (Fsp3) is 0.438. The molecule has 1 amide bonds. The number of benzene rings is 1. The van der Waals surface area contributed by atoms with Crippen molar-refractivity contribution in [2.45, 2.75) is 42.9 Å². The van der Waals surface area contributed by atoms with Gasteiger partial charge in [-0.05, 0) is 31.0 Å². The van der Waals surface area contributed by atoms with Gasteiger partial charge in [-0.3, -0.25) is 10.1 Å². The van der Waals surface area contributed by atoms with Crippen LogP contribution in [0.15, 0.2) is 33.6 Å². The largest absolute Gasteiger partial charge is 0.405 e. The van der Waals surface area contributed by atoms with Crippen LogP contribution in [-0.2, 0) is 4.74 Å². The van der Waals surface area contributed by atoms with Gasteiger partial charge in [-0.2, -0.15) is 0 Å². The zero-order valence-electron chi connectivity index (χ0n) is 13.1. The lowest BCUT2D eigenvalue weighted by atomic mass is 10.2. The van der Waals surface area contributed by atoms with Crippen LogP contribution in [0.25, 0.3) is 0 Å². The van der Waals surface area contributed by atoms with Gasteiger partial charge in [0.15, 0.2) is 0 Å². The molecule has 2 aromatic rings. The van der Waals surface area contributed by atoms with E-state index in [0.717, 1.165) is 17.7 Å². The number of carbonyl (C=O) groups excluding carboxylic acids is 1. The van der Waals surface area contributed by atoms with E-state index in [-0.39, 0.29) is 18.0 Å². The maximum Gasteiger partial charge on any atom is 0.322 e. The van der Waals surface area contributed by atoms with E-state index in [1.807, 2.05) is 18.2 Å². The Labute approximate surface area is 139 Å². The van der Waals surface area contributed by atoms with Crippen molar-refractivity contribution in [2.24, 2.45) is 0 Å². The molecule has 1 aromatic heterocycles. The molecule has 1 aliphatic heterocycles. The van der Waals surface area contributed by atoms with Gasteiger partial charge in [0.25, 0.3) is 5.91 Å². The van der Waals surface area contributed by atoms with Crippen LogP contribution in [0.1, 0.15) is 49.0 Å². The van der Waals surface area contributed by atoms with Gasteiger partial charge in [0.1, 0.15) is 6.10 Å². The standard InChI is InChI=1S/C16H19N3O3S/c1-10(2)23-12-6-3-5-11(9-12)14(20)17-16-19-18-15(22-16)13-7-4-8-21-13/h3,5-6,9-10,13H,4,7-8H2,1-2H3,(H,17,19,20). The molecule has 0 radical (unpaired) electrons. The molecule has 2 heterocycles. The minimum absolute atomic E-state index is 0.0995. The Morgan fingerprint density at radius 1 is 1.39 bits per heavy atom. The molecule has 0 bridgehead atoms. The number of carbonyl (C=O) groups is 1. The molecule has 1 aliphatic rings. The molecule has 1 N–H and O–H groups in total. The topological polar surface area (TPSA) is 77.2 Å². The maximum absolute atomic E-state index is 12.3. The van der Waals surface area contributed by atoms with Gasteiger partial charge < -0.3 is 9.15 Å². The summed E-state index contributed by atoms with van der Waals surface area (Å²) < 4.78 is 11.0. The van der Waals surface area contributed by atoms with E-state index in [1.54, 1.807) is 17.8 Å². The average molecular weight is 333 g/mol. The summed E-state index contributed by atoms with van der Waals surface area (Å²) in [7, 11) is 0. The summed E-state index contributed by atoms with van der Waals surface area (Å²) in [6.07, 6.45) is 1.69. The molecule has 0 spiro atoms. The summed E-state index contributed by atoms with van der Waals surface area (Å²) in [6.45, 7) is 4.93. The number of nitrogens with zero attached hydrogens (tertiary/aromatic N) is 2. The van der Waals surface area contributed by atoms with Gasteiger partial charge in [0.2, 0.25) is 5.89 Å². The molecule has 0 saturated carbocycles. The molecular weight excluding hydrogens is 314 g/mol. The van der Waals surface area contributed by atoms with Crippen LogP contribution in [0.3, 0.4) is 0 Å². The molecule has 1 aromatic carbocycles. The summed E-state index contributed by atoms with van der Waals surface area (Å²) in [6, 6.07) is 7.58. The maximum atomic E-state index is 12.3. The number of hydrogen-bond donors (Lipinski definition) is 1. The first-order valence-corrected chi connectivity index (χ1v) is 8.53. The Bertz CT molecular complexity index is 681. The molecule has 1 atom stereocenters. The van der Waals surface area contributed by atoms with Gasteiger partial charge in [-0.25, -0.2) is 0 Å². The predicted octanol–water partition coefficient (Wildman–Crippen LogP) is 3.67. The normalized spacial score (nSPS) is 17.6. The number of aromatic nitrogens is 2. The Morgan fingerprint density at radius 3 is 3.00 bits per heavy atom. The summed E-state index contributed by atoms with van der Waals surface area (Å²) in [5, 5.41) is 10.9. The third kappa shape index (κ3) is 4.11. The van der Waals surface area contributed by atoms with Gasteiger partial charge in [0, 0.05) is 22.3 Å². The second-order valence-electron chi connectivity index (χ2n) is 5.60. The Hall–Kier alpha value is -1.86. The van der Waals surface area contributed by atoms with Gasteiger partial charge in [0.05, 0.1) is 0 Å². The highest BCUT2D eigenvalue weighted by atomic mass is 32.2. The smallest absolute Gasteiger partial charge is 0.322 e. The highest BCUT2D eigenvalue weighted by molar-refractivity contribution is 7.99. The van der Waals surface area contributed by atoms with Gasteiger partial charge in [-0.1, -0.05) is 25.0 Å². The average Bonchev–Trinajstić information content (AvgIpc) is 3.17. The van der Waals surface area contributed by atoms with Crippen molar-refractivity contribution < 1.29 is 13.9 Å². The first kappa shape index (κ1) is 16.0. The highest BCUT2D eigenvalue weighted by Crippen LogP contribution is 2.28. The molecule has 0 aliphatic carbocycles. The lowest BCUT2D eigenvalue weighted by Gasteiger charge is -2.06. The van der Waals surface area contributed by atoms with Crippen molar-refractivity contribution >= 4 is 23.7 Å². The summed E-state index contributed by atoms with van der Waals surface area (Å²) in [5.41, 5.74) is 0.563. The summed E-state index contributed by atoms with van der Waals surface area (Å²) in [5.74, 6) is 0.153. The van der Waals surface area contributed by atoms with E-state index in [0.29, 0.717) is 23.3 Å². The summed E-state index contributed by atoms with van der Waals surface area (Å²) >= 11 is 1.71. The molecule has 3 rings (SSSR count). The predicted molar refractivity (Wildman–Crippen MR) is 87.6 cm³/mol. The van der Waals surface area contributed by atoms with Crippen LogP contribution < -0.4 is 5.32 Å². The first-order chi connectivity index (χ1) is 11.1. The van der Waals surface area contributed by atoms with Crippen LogP contribution >= 0.6 is 11.8 Å². The molecule has 6 nitrogen and oxygen atoms in total. The number of rotatable bonds is 5. The van der Waals surface area contributed by atoms with Crippen LogP contribution in [0.2, 0.25) is 0 Å². The van der Waals surface area contributed by atoms with Crippen LogP contribution in [-0.4, -0.2) is 28.0 Å². The fourth-order valence-electron chi connectivity index (χ4n) is 2.34. The monoisotopic (exact) mass is 333 g/mol. The van der Waals surface area contributed by atoms with Crippen molar-refractivity contribution in [3.05, 3.63) is 35.7 Å².